The van der Waals surface area contributed by atoms with E-state index in [1.807, 2.05) is 24.3 Å². The lowest BCUT2D eigenvalue weighted by atomic mass is 10.0. The van der Waals surface area contributed by atoms with E-state index in [9.17, 15) is 4.79 Å². The Morgan fingerprint density at radius 2 is 1.70 bits per heavy atom. The molecule has 0 radical (unpaired) electrons. The molecule has 0 saturated carbocycles. The van der Waals surface area contributed by atoms with Crippen molar-refractivity contribution in [2.45, 2.75) is 32.5 Å². The molecule has 0 fully saturated rings. The highest BCUT2D eigenvalue weighted by molar-refractivity contribution is 5.70. The first-order valence-electron chi connectivity index (χ1n) is 7.89. The summed E-state index contributed by atoms with van der Waals surface area (Å²) in [5.74, 6) is -0.799. The van der Waals surface area contributed by atoms with Crippen molar-refractivity contribution in [1.82, 2.24) is 5.32 Å². The van der Waals surface area contributed by atoms with Gasteiger partial charge in [0.15, 0.2) is 0 Å². The topological polar surface area (TPSA) is 58.6 Å². The van der Waals surface area contributed by atoms with Gasteiger partial charge in [0.05, 0.1) is 19.6 Å². The van der Waals surface area contributed by atoms with Gasteiger partial charge in [-0.2, -0.15) is 0 Å². The summed E-state index contributed by atoms with van der Waals surface area (Å²) in [6.07, 6.45) is 1.08. The number of carboxylic acids is 1. The third-order valence-electron chi connectivity index (χ3n) is 4.08. The van der Waals surface area contributed by atoms with Gasteiger partial charge >= 0.3 is 5.97 Å². The second kappa shape index (κ2) is 7.40. The molecular weight excluding hydrogens is 290 g/mol. The molecule has 120 valence electrons. The van der Waals surface area contributed by atoms with Crippen LogP contribution in [-0.2, 0) is 42.1 Å². The number of carboxylic acid groups (broad SMARTS) is 1. The highest BCUT2D eigenvalue weighted by atomic mass is 16.5. The van der Waals surface area contributed by atoms with Crippen LogP contribution in [0.2, 0.25) is 0 Å². The minimum absolute atomic E-state index is 0.0743. The summed E-state index contributed by atoms with van der Waals surface area (Å²) in [4.78, 5) is 10.7. The zero-order valence-electron chi connectivity index (χ0n) is 13.0. The van der Waals surface area contributed by atoms with Crippen LogP contribution in [0.25, 0.3) is 0 Å². The van der Waals surface area contributed by atoms with E-state index in [4.69, 9.17) is 9.84 Å². The molecule has 0 bridgehead atoms. The van der Waals surface area contributed by atoms with Gasteiger partial charge in [0.1, 0.15) is 0 Å². The van der Waals surface area contributed by atoms with Gasteiger partial charge in [0.25, 0.3) is 0 Å². The fraction of sp³-hybridized carbons (Fsp3) is 0.316. The lowest BCUT2D eigenvalue weighted by Gasteiger charge is -2.17. The smallest absolute Gasteiger partial charge is 0.307 e. The second-order valence-electron chi connectivity index (χ2n) is 5.90. The predicted molar refractivity (Wildman–Crippen MR) is 88.1 cm³/mol. The number of fused-ring (bicyclic) bond motifs is 1. The van der Waals surface area contributed by atoms with Crippen LogP contribution < -0.4 is 5.32 Å². The van der Waals surface area contributed by atoms with Crippen LogP contribution in [0.1, 0.15) is 27.8 Å². The summed E-state index contributed by atoms with van der Waals surface area (Å²) in [6.45, 7) is 3.11. The van der Waals surface area contributed by atoms with Crippen LogP contribution >= 0.6 is 0 Å². The van der Waals surface area contributed by atoms with Crippen LogP contribution in [0.4, 0.5) is 0 Å². The molecule has 2 N–H and O–H groups in total. The average Bonchev–Trinajstić information content (AvgIpc) is 2.56. The zero-order valence-corrected chi connectivity index (χ0v) is 13.0. The van der Waals surface area contributed by atoms with Gasteiger partial charge in [-0.15, -0.1) is 0 Å². The Balaban J connectivity index is 1.52. The summed E-state index contributed by atoms with van der Waals surface area (Å²) in [7, 11) is 0. The molecule has 1 aliphatic heterocycles. The van der Waals surface area contributed by atoms with Crippen molar-refractivity contribution in [3.8, 4) is 0 Å². The Labute approximate surface area is 136 Å². The number of benzene rings is 2. The maximum atomic E-state index is 10.7. The number of nitrogens with one attached hydrogen (secondary N) is 1. The number of rotatable bonds is 6. The van der Waals surface area contributed by atoms with Crippen LogP contribution in [0.3, 0.4) is 0 Å². The summed E-state index contributed by atoms with van der Waals surface area (Å²) in [5.41, 5.74) is 5.94. The van der Waals surface area contributed by atoms with E-state index in [0.717, 1.165) is 37.2 Å². The molecule has 0 saturated heterocycles. The number of carbonyl (C=O) groups is 1. The molecule has 1 aliphatic rings. The third kappa shape index (κ3) is 4.41. The van der Waals surface area contributed by atoms with E-state index >= 15 is 0 Å². The van der Waals surface area contributed by atoms with Crippen LogP contribution in [-0.4, -0.2) is 17.7 Å². The Bertz CT molecular complexity index is 680. The van der Waals surface area contributed by atoms with Crippen LogP contribution in [0.5, 0.6) is 0 Å². The number of hydrogen-bond donors (Lipinski definition) is 2. The molecule has 4 nitrogen and oxygen atoms in total. The molecule has 0 aliphatic carbocycles. The zero-order chi connectivity index (χ0) is 16.1. The Kier molecular flexibility index (Phi) is 5.05. The summed E-state index contributed by atoms with van der Waals surface area (Å²) < 4.78 is 5.50. The second-order valence-corrected chi connectivity index (χ2v) is 5.90. The minimum atomic E-state index is -0.799. The van der Waals surface area contributed by atoms with E-state index in [1.165, 1.54) is 16.7 Å². The Morgan fingerprint density at radius 1 is 1.00 bits per heavy atom. The van der Waals surface area contributed by atoms with Crippen molar-refractivity contribution in [2.75, 3.05) is 6.61 Å². The quantitative estimate of drug-likeness (QED) is 0.861. The fourth-order valence-corrected chi connectivity index (χ4v) is 2.83. The molecule has 1 heterocycles. The van der Waals surface area contributed by atoms with E-state index in [-0.39, 0.29) is 6.42 Å². The van der Waals surface area contributed by atoms with E-state index in [1.54, 1.807) is 0 Å². The molecule has 0 spiro atoms. The van der Waals surface area contributed by atoms with Crippen molar-refractivity contribution >= 4 is 5.97 Å². The number of aliphatic carboxylic acids is 1. The molecule has 0 unspecified atom stereocenters. The monoisotopic (exact) mass is 311 g/mol. The summed E-state index contributed by atoms with van der Waals surface area (Å²) in [5, 5.41) is 12.2. The number of hydrogen-bond acceptors (Lipinski definition) is 3. The standard InChI is InChI=1S/C19H21NO3/c21-19(22)10-14-1-3-15(4-2-14)11-20-12-16-5-6-17-7-8-23-13-18(17)9-16/h1-6,9,20H,7-8,10-13H2,(H,21,22). The molecule has 2 aromatic rings. The highest BCUT2D eigenvalue weighted by Crippen LogP contribution is 2.18. The first kappa shape index (κ1) is 15.7. The molecule has 3 rings (SSSR count). The third-order valence-corrected chi connectivity index (χ3v) is 4.08. The lowest BCUT2D eigenvalue weighted by molar-refractivity contribution is -0.136. The Hall–Kier alpha value is -2.17. The van der Waals surface area contributed by atoms with Crippen LogP contribution in [0.15, 0.2) is 42.5 Å². The van der Waals surface area contributed by atoms with Crippen molar-refractivity contribution in [1.29, 1.82) is 0 Å². The molecule has 4 heteroatoms. The van der Waals surface area contributed by atoms with Gasteiger partial charge in [0.2, 0.25) is 0 Å². The number of ether oxygens (including phenoxy) is 1. The normalized spacial score (nSPS) is 13.6. The molecule has 2 aromatic carbocycles. The van der Waals surface area contributed by atoms with Crippen LogP contribution in [0, 0.1) is 0 Å². The molecule has 0 amide bonds. The predicted octanol–water partition coefficient (Wildman–Crippen LogP) is 2.68. The largest absolute Gasteiger partial charge is 0.481 e. The van der Waals surface area contributed by atoms with E-state index in [0.29, 0.717) is 6.61 Å². The van der Waals surface area contributed by atoms with Gasteiger partial charge in [-0.3, -0.25) is 4.79 Å². The van der Waals surface area contributed by atoms with Gasteiger partial charge in [0, 0.05) is 13.1 Å². The molecule has 0 atom stereocenters. The lowest BCUT2D eigenvalue weighted by Crippen LogP contribution is -2.14. The van der Waals surface area contributed by atoms with Crippen molar-refractivity contribution in [3.05, 3.63) is 70.3 Å². The first-order valence-corrected chi connectivity index (χ1v) is 7.89. The highest BCUT2D eigenvalue weighted by Gasteiger charge is 2.09. The fourth-order valence-electron chi connectivity index (χ4n) is 2.83. The molecule has 0 aromatic heterocycles. The first-order chi connectivity index (χ1) is 11.2. The van der Waals surface area contributed by atoms with Gasteiger partial charge < -0.3 is 15.2 Å². The maximum Gasteiger partial charge on any atom is 0.307 e. The van der Waals surface area contributed by atoms with E-state index in [2.05, 4.69) is 23.5 Å². The Morgan fingerprint density at radius 3 is 2.48 bits per heavy atom. The van der Waals surface area contributed by atoms with Gasteiger partial charge in [-0.1, -0.05) is 42.5 Å². The van der Waals surface area contributed by atoms with Crippen molar-refractivity contribution in [3.63, 3.8) is 0 Å². The maximum absolute atomic E-state index is 10.7. The van der Waals surface area contributed by atoms with Crippen molar-refractivity contribution in [2.24, 2.45) is 0 Å². The summed E-state index contributed by atoms with van der Waals surface area (Å²) in [6, 6.07) is 14.3. The molecular formula is C19H21NO3. The van der Waals surface area contributed by atoms with Crippen molar-refractivity contribution < 1.29 is 14.6 Å². The SMILES string of the molecule is O=C(O)Cc1ccc(CNCc2ccc3c(c2)COCC3)cc1. The van der Waals surface area contributed by atoms with E-state index < -0.39 is 5.97 Å². The average molecular weight is 311 g/mol. The molecule has 23 heavy (non-hydrogen) atoms. The minimum Gasteiger partial charge on any atom is -0.481 e. The van der Waals surface area contributed by atoms with Gasteiger partial charge in [-0.25, -0.2) is 0 Å². The summed E-state index contributed by atoms with van der Waals surface area (Å²) >= 11 is 0. The van der Waals surface area contributed by atoms with Gasteiger partial charge in [-0.05, 0) is 34.2 Å².